The number of nitrogens with one attached hydrogen (secondary N) is 2. The van der Waals surface area contributed by atoms with E-state index in [1.54, 1.807) is 30.3 Å². The highest BCUT2D eigenvalue weighted by Crippen LogP contribution is 2.30. The number of rotatable bonds is 7. The minimum atomic E-state index is -4.13. The molecule has 0 aliphatic heterocycles. The van der Waals surface area contributed by atoms with Gasteiger partial charge in [-0.1, -0.05) is 18.2 Å². The van der Waals surface area contributed by atoms with E-state index in [1.165, 1.54) is 51.5 Å². The van der Waals surface area contributed by atoms with Gasteiger partial charge in [-0.2, -0.15) is 0 Å². The molecule has 0 unspecified atom stereocenters. The van der Waals surface area contributed by atoms with Gasteiger partial charge in [0.05, 0.1) is 36.1 Å². The van der Waals surface area contributed by atoms with Crippen molar-refractivity contribution >= 4 is 27.3 Å². The van der Waals surface area contributed by atoms with Gasteiger partial charge in [-0.15, -0.1) is 0 Å². The van der Waals surface area contributed by atoms with Gasteiger partial charge < -0.3 is 14.8 Å². The molecule has 0 aromatic heterocycles. The summed E-state index contributed by atoms with van der Waals surface area (Å²) in [4.78, 5) is 12.7. The summed E-state index contributed by atoms with van der Waals surface area (Å²) in [6.45, 7) is 1.37. The Kier molecular flexibility index (Phi) is 6.45. The SMILES string of the molecule is COc1ccc(NC(=O)c2ccccc2NS(=O)(=O)c2cccc(F)c2C)c(OC)c1. The lowest BCUT2D eigenvalue weighted by Gasteiger charge is -2.15. The molecule has 9 heteroatoms. The molecule has 0 aliphatic carbocycles. The van der Waals surface area contributed by atoms with Gasteiger partial charge >= 0.3 is 0 Å². The fraction of sp³-hybridized carbons (Fsp3) is 0.136. The van der Waals surface area contributed by atoms with Gasteiger partial charge in [-0.05, 0) is 43.3 Å². The maximum absolute atomic E-state index is 13.8. The van der Waals surface area contributed by atoms with E-state index in [0.717, 1.165) is 0 Å². The first-order valence-electron chi connectivity index (χ1n) is 9.17. The van der Waals surface area contributed by atoms with Gasteiger partial charge in [0.15, 0.2) is 0 Å². The van der Waals surface area contributed by atoms with Crippen molar-refractivity contribution in [2.45, 2.75) is 11.8 Å². The Morgan fingerprint density at radius 2 is 1.68 bits per heavy atom. The number of hydrogen-bond donors (Lipinski definition) is 2. The number of hydrogen-bond acceptors (Lipinski definition) is 5. The molecule has 3 rings (SSSR count). The van der Waals surface area contributed by atoms with Gasteiger partial charge in [-0.3, -0.25) is 9.52 Å². The monoisotopic (exact) mass is 444 g/mol. The molecular formula is C22H21FN2O5S. The van der Waals surface area contributed by atoms with Crippen molar-refractivity contribution in [1.29, 1.82) is 0 Å². The lowest BCUT2D eigenvalue weighted by atomic mass is 10.1. The van der Waals surface area contributed by atoms with Crippen molar-refractivity contribution in [1.82, 2.24) is 0 Å². The molecule has 0 bridgehead atoms. The number of benzene rings is 3. The molecule has 2 N–H and O–H groups in total. The second-order valence-corrected chi connectivity index (χ2v) is 8.19. The molecule has 3 aromatic rings. The Hall–Kier alpha value is -3.59. The van der Waals surface area contributed by atoms with E-state index in [1.807, 2.05) is 0 Å². The molecule has 0 heterocycles. The first-order valence-corrected chi connectivity index (χ1v) is 10.7. The number of ether oxygens (including phenoxy) is 2. The summed E-state index contributed by atoms with van der Waals surface area (Å²) >= 11 is 0. The standard InChI is InChI=1S/C22H21FN2O5S/c1-14-17(23)8-6-10-21(14)31(27,28)25-18-9-5-4-7-16(18)22(26)24-19-12-11-15(29-2)13-20(19)30-3/h4-13,25H,1-3H3,(H,24,26). The number of sulfonamides is 1. The Labute approximate surface area is 179 Å². The van der Waals surface area contributed by atoms with E-state index in [9.17, 15) is 17.6 Å². The summed E-state index contributed by atoms with van der Waals surface area (Å²) < 4.78 is 52.3. The van der Waals surface area contributed by atoms with Crippen LogP contribution in [0.4, 0.5) is 15.8 Å². The Balaban J connectivity index is 1.92. The topological polar surface area (TPSA) is 93.7 Å². The van der Waals surface area contributed by atoms with Gasteiger partial charge in [0.2, 0.25) is 0 Å². The summed E-state index contributed by atoms with van der Waals surface area (Å²) in [5.41, 5.74) is 0.501. The van der Waals surface area contributed by atoms with Crippen LogP contribution in [-0.4, -0.2) is 28.5 Å². The maximum Gasteiger partial charge on any atom is 0.262 e. The van der Waals surface area contributed by atoms with E-state index in [4.69, 9.17) is 9.47 Å². The second-order valence-electron chi connectivity index (χ2n) is 6.53. The molecular weight excluding hydrogens is 423 g/mol. The van der Waals surface area contributed by atoms with Crippen LogP contribution in [0.25, 0.3) is 0 Å². The third-order valence-electron chi connectivity index (χ3n) is 4.58. The third kappa shape index (κ3) is 4.77. The number of amides is 1. The van der Waals surface area contributed by atoms with Crippen LogP contribution >= 0.6 is 0 Å². The molecule has 1 amide bonds. The van der Waals surface area contributed by atoms with Crippen molar-refractivity contribution in [3.8, 4) is 11.5 Å². The molecule has 31 heavy (non-hydrogen) atoms. The predicted octanol–water partition coefficient (Wildman–Crippen LogP) is 4.20. The number of methoxy groups -OCH3 is 2. The molecule has 0 saturated heterocycles. The molecule has 0 radical (unpaired) electrons. The molecule has 3 aromatic carbocycles. The molecule has 0 fully saturated rings. The van der Waals surface area contributed by atoms with E-state index >= 15 is 0 Å². The molecule has 0 saturated carbocycles. The van der Waals surface area contributed by atoms with Gasteiger partial charge in [-0.25, -0.2) is 12.8 Å². The molecule has 0 spiro atoms. The average molecular weight is 444 g/mol. The normalized spacial score (nSPS) is 11.0. The van der Waals surface area contributed by atoms with Crippen molar-refractivity contribution in [2.75, 3.05) is 24.3 Å². The van der Waals surface area contributed by atoms with Crippen LogP contribution in [0.5, 0.6) is 11.5 Å². The molecule has 162 valence electrons. The fourth-order valence-corrected chi connectivity index (χ4v) is 4.28. The highest BCUT2D eigenvalue weighted by molar-refractivity contribution is 7.92. The van der Waals surface area contributed by atoms with E-state index in [2.05, 4.69) is 10.0 Å². The second kappa shape index (κ2) is 9.05. The number of carbonyl (C=O) groups excluding carboxylic acids is 1. The zero-order valence-electron chi connectivity index (χ0n) is 17.1. The zero-order chi connectivity index (χ0) is 22.6. The number of anilines is 2. The van der Waals surface area contributed by atoms with Gasteiger partial charge in [0, 0.05) is 11.6 Å². The Morgan fingerprint density at radius 1 is 0.935 bits per heavy atom. The van der Waals surface area contributed by atoms with Crippen LogP contribution in [0.2, 0.25) is 0 Å². The minimum Gasteiger partial charge on any atom is -0.497 e. The lowest BCUT2D eigenvalue weighted by molar-refractivity contribution is 0.102. The van der Waals surface area contributed by atoms with E-state index < -0.39 is 21.7 Å². The van der Waals surface area contributed by atoms with Crippen LogP contribution in [0, 0.1) is 12.7 Å². The molecule has 0 aliphatic rings. The smallest absolute Gasteiger partial charge is 0.262 e. The predicted molar refractivity (Wildman–Crippen MR) is 116 cm³/mol. The lowest BCUT2D eigenvalue weighted by Crippen LogP contribution is -2.19. The van der Waals surface area contributed by atoms with Crippen LogP contribution in [0.15, 0.2) is 65.6 Å². The van der Waals surface area contributed by atoms with Crippen molar-refractivity contribution in [2.24, 2.45) is 0 Å². The van der Waals surface area contributed by atoms with Crippen LogP contribution < -0.4 is 19.5 Å². The van der Waals surface area contributed by atoms with Crippen LogP contribution in [0.3, 0.4) is 0 Å². The largest absolute Gasteiger partial charge is 0.497 e. The summed E-state index contributed by atoms with van der Waals surface area (Å²) in [5, 5.41) is 2.70. The Morgan fingerprint density at radius 3 is 2.39 bits per heavy atom. The zero-order valence-corrected chi connectivity index (χ0v) is 17.9. The number of halogens is 1. The quantitative estimate of drug-likeness (QED) is 0.570. The summed E-state index contributed by atoms with van der Waals surface area (Å²) in [5.74, 6) is -0.271. The minimum absolute atomic E-state index is 0.0140. The summed E-state index contributed by atoms with van der Waals surface area (Å²) in [7, 11) is -1.17. The summed E-state index contributed by atoms with van der Waals surface area (Å²) in [6.07, 6.45) is 0. The number of para-hydroxylation sites is 1. The molecule has 0 atom stereocenters. The van der Waals surface area contributed by atoms with E-state index in [-0.39, 0.29) is 21.7 Å². The van der Waals surface area contributed by atoms with Gasteiger partial charge in [0.25, 0.3) is 15.9 Å². The van der Waals surface area contributed by atoms with Crippen LogP contribution in [0.1, 0.15) is 15.9 Å². The Bertz CT molecular complexity index is 1230. The third-order valence-corrected chi connectivity index (χ3v) is 6.09. The molecule has 7 nitrogen and oxygen atoms in total. The van der Waals surface area contributed by atoms with Gasteiger partial charge in [0.1, 0.15) is 17.3 Å². The van der Waals surface area contributed by atoms with Crippen molar-refractivity contribution in [3.63, 3.8) is 0 Å². The van der Waals surface area contributed by atoms with Crippen LogP contribution in [-0.2, 0) is 10.0 Å². The maximum atomic E-state index is 13.8. The average Bonchev–Trinajstić information content (AvgIpc) is 2.75. The number of carbonyl (C=O) groups is 1. The van der Waals surface area contributed by atoms with E-state index in [0.29, 0.717) is 17.2 Å². The van der Waals surface area contributed by atoms with Crippen molar-refractivity contribution < 1.29 is 27.1 Å². The first-order chi connectivity index (χ1) is 14.8. The first kappa shape index (κ1) is 22.1. The highest BCUT2D eigenvalue weighted by Gasteiger charge is 2.22. The highest BCUT2D eigenvalue weighted by atomic mass is 32.2. The van der Waals surface area contributed by atoms with Crippen molar-refractivity contribution in [3.05, 3.63) is 77.6 Å². The summed E-state index contributed by atoms with van der Waals surface area (Å²) in [6, 6.07) is 14.8. The fourth-order valence-electron chi connectivity index (χ4n) is 2.94.